The number of hydrogen-bond acceptors (Lipinski definition) is 3. The summed E-state index contributed by atoms with van der Waals surface area (Å²) in [5.41, 5.74) is 3.14. The van der Waals surface area contributed by atoms with Crippen molar-refractivity contribution in [1.82, 2.24) is 10.2 Å². The summed E-state index contributed by atoms with van der Waals surface area (Å²) in [5, 5.41) is 3.33. The number of amides is 2. The summed E-state index contributed by atoms with van der Waals surface area (Å²) in [6.07, 6.45) is 0. The van der Waals surface area contributed by atoms with E-state index in [4.69, 9.17) is 11.6 Å². The predicted molar refractivity (Wildman–Crippen MR) is 113 cm³/mol. The first-order valence-corrected chi connectivity index (χ1v) is 10.3. The van der Waals surface area contributed by atoms with Crippen molar-refractivity contribution in [3.8, 4) is 0 Å². The minimum Gasteiger partial charge on any atom is -0.357 e. The Hall–Kier alpha value is -1.98. The Morgan fingerprint density at radius 1 is 1.19 bits per heavy atom. The molecule has 0 heterocycles. The number of likely N-dealkylation sites (N-methyl/N-ethyl adjacent to an activating group) is 1. The van der Waals surface area contributed by atoms with Crippen LogP contribution in [0.1, 0.15) is 23.6 Å². The first kappa shape index (κ1) is 21.3. The van der Waals surface area contributed by atoms with Crippen LogP contribution in [-0.4, -0.2) is 35.6 Å². The van der Waals surface area contributed by atoms with E-state index >= 15 is 0 Å². The topological polar surface area (TPSA) is 49.4 Å². The van der Waals surface area contributed by atoms with E-state index in [0.29, 0.717) is 23.1 Å². The van der Waals surface area contributed by atoms with Crippen molar-refractivity contribution >= 4 is 35.2 Å². The van der Waals surface area contributed by atoms with Gasteiger partial charge in [0.2, 0.25) is 11.8 Å². The van der Waals surface area contributed by atoms with Crippen LogP contribution in [0.3, 0.4) is 0 Å². The van der Waals surface area contributed by atoms with Crippen molar-refractivity contribution in [2.75, 3.05) is 12.8 Å². The van der Waals surface area contributed by atoms with Gasteiger partial charge in [-0.25, -0.2) is 0 Å². The second kappa shape index (κ2) is 10.4. The lowest BCUT2D eigenvalue weighted by Gasteiger charge is -2.28. The lowest BCUT2D eigenvalue weighted by atomic mass is 10.1. The van der Waals surface area contributed by atoms with E-state index in [1.807, 2.05) is 55.5 Å². The molecule has 0 spiro atoms. The summed E-state index contributed by atoms with van der Waals surface area (Å²) >= 11 is 7.67. The molecule has 0 fully saturated rings. The third kappa shape index (κ3) is 6.29. The van der Waals surface area contributed by atoms with E-state index in [-0.39, 0.29) is 11.8 Å². The number of carbonyl (C=O) groups is 2. The molecule has 0 radical (unpaired) electrons. The van der Waals surface area contributed by atoms with Crippen molar-refractivity contribution in [1.29, 1.82) is 0 Å². The first-order valence-electron chi connectivity index (χ1n) is 8.80. The fourth-order valence-electron chi connectivity index (χ4n) is 2.75. The Morgan fingerprint density at radius 3 is 2.59 bits per heavy atom. The SMILES string of the molecule is CNC(=O)[C@H](C)N(Cc1cccc(C)c1)C(=O)CSCc1ccccc1Cl. The van der Waals surface area contributed by atoms with E-state index in [1.165, 1.54) is 11.8 Å². The van der Waals surface area contributed by atoms with Crippen LogP contribution in [-0.2, 0) is 21.9 Å². The number of carbonyl (C=O) groups excluding carboxylic acids is 2. The molecule has 0 aromatic heterocycles. The molecule has 0 unspecified atom stereocenters. The van der Waals surface area contributed by atoms with Gasteiger partial charge in [0.15, 0.2) is 0 Å². The monoisotopic (exact) mass is 404 g/mol. The van der Waals surface area contributed by atoms with Gasteiger partial charge in [0.25, 0.3) is 0 Å². The molecule has 0 saturated heterocycles. The lowest BCUT2D eigenvalue weighted by Crippen LogP contribution is -2.47. The minimum atomic E-state index is -0.538. The molecule has 2 rings (SSSR count). The van der Waals surface area contributed by atoms with Gasteiger partial charge >= 0.3 is 0 Å². The molecule has 0 aliphatic heterocycles. The minimum absolute atomic E-state index is 0.0651. The van der Waals surface area contributed by atoms with Crippen molar-refractivity contribution in [3.05, 3.63) is 70.2 Å². The number of halogens is 1. The van der Waals surface area contributed by atoms with Gasteiger partial charge in [-0.1, -0.05) is 59.6 Å². The molecule has 1 atom stereocenters. The van der Waals surface area contributed by atoms with Crippen molar-refractivity contribution < 1.29 is 9.59 Å². The number of thioether (sulfide) groups is 1. The smallest absolute Gasteiger partial charge is 0.242 e. The summed E-state index contributed by atoms with van der Waals surface area (Å²) < 4.78 is 0. The molecular formula is C21H25ClN2O2S. The number of hydrogen-bond donors (Lipinski definition) is 1. The highest BCUT2D eigenvalue weighted by molar-refractivity contribution is 7.99. The fourth-order valence-corrected chi connectivity index (χ4v) is 3.94. The molecule has 2 amide bonds. The van der Waals surface area contributed by atoms with Gasteiger partial charge in [-0.3, -0.25) is 9.59 Å². The number of rotatable bonds is 8. The molecule has 6 heteroatoms. The molecule has 0 bridgehead atoms. The van der Waals surface area contributed by atoms with Gasteiger partial charge in [0, 0.05) is 24.4 Å². The lowest BCUT2D eigenvalue weighted by molar-refractivity contribution is -0.138. The van der Waals surface area contributed by atoms with E-state index in [2.05, 4.69) is 5.32 Å². The van der Waals surface area contributed by atoms with E-state index in [9.17, 15) is 9.59 Å². The Labute approximate surface area is 170 Å². The Morgan fingerprint density at radius 2 is 1.93 bits per heavy atom. The second-order valence-corrected chi connectivity index (χ2v) is 7.78. The van der Waals surface area contributed by atoms with Crippen LogP contribution in [0.15, 0.2) is 48.5 Å². The van der Waals surface area contributed by atoms with E-state index < -0.39 is 6.04 Å². The molecule has 0 aliphatic rings. The molecule has 27 heavy (non-hydrogen) atoms. The van der Waals surface area contributed by atoms with Crippen LogP contribution in [0, 0.1) is 6.92 Å². The highest BCUT2D eigenvalue weighted by atomic mass is 35.5. The molecule has 0 aliphatic carbocycles. The van der Waals surface area contributed by atoms with Gasteiger partial charge in [-0.2, -0.15) is 0 Å². The normalized spacial score (nSPS) is 11.7. The van der Waals surface area contributed by atoms with Crippen LogP contribution in [0.2, 0.25) is 5.02 Å². The number of nitrogens with one attached hydrogen (secondary N) is 1. The number of nitrogens with zero attached hydrogens (tertiary/aromatic N) is 1. The molecule has 0 saturated carbocycles. The number of benzene rings is 2. The van der Waals surface area contributed by atoms with Crippen LogP contribution < -0.4 is 5.32 Å². The third-order valence-corrected chi connectivity index (χ3v) is 5.62. The molecule has 144 valence electrons. The quantitative estimate of drug-likeness (QED) is 0.722. The van der Waals surface area contributed by atoms with Crippen molar-refractivity contribution in [2.24, 2.45) is 0 Å². The van der Waals surface area contributed by atoms with E-state index in [1.54, 1.807) is 18.9 Å². The highest BCUT2D eigenvalue weighted by Crippen LogP contribution is 2.21. The van der Waals surface area contributed by atoms with Crippen LogP contribution in [0.5, 0.6) is 0 Å². The van der Waals surface area contributed by atoms with Crippen LogP contribution >= 0.6 is 23.4 Å². The summed E-state index contributed by atoms with van der Waals surface area (Å²) in [5.74, 6) is 0.702. The summed E-state index contributed by atoms with van der Waals surface area (Å²) in [6.45, 7) is 4.17. The van der Waals surface area contributed by atoms with Crippen molar-refractivity contribution in [2.45, 2.75) is 32.2 Å². The van der Waals surface area contributed by atoms with Crippen LogP contribution in [0.4, 0.5) is 0 Å². The predicted octanol–water partition coefficient (Wildman–Crippen LogP) is 4.04. The zero-order chi connectivity index (χ0) is 19.8. The average Bonchev–Trinajstić information content (AvgIpc) is 2.66. The standard InChI is InChI=1S/C21H25ClN2O2S/c1-15-7-6-8-17(11-15)12-24(16(2)21(26)23-3)20(25)14-27-13-18-9-4-5-10-19(18)22/h4-11,16H,12-14H2,1-3H3,(H,23,26)/t16-/m0/s1. The Balaban J connectivity index is 2.06. The highest BCUT2D eigenvalue weighted by Gasteiger charge is 2.25. The summed E-state index contributed by atoms with van der Waals surface area (Å²) in [4.78, 5) is 26.6. The fraction of sp³-hybridized carbons (Fsp3) is 0.333. The van der Waals surface area contributed by atoms with Crippen LogP contribution in [0.25, 0.3) is 0 Å². The third-order valence-electron chi connectivity index (χ3n) is 4.29. The van der Waals surface area contributed by atoms with Gasteiger partial charge < -0.3 is 10.2 Å². The maximum Gasteiger partial charge on any atom is 0.242 e. The second-order valence-electron chi connectivity index (χ2n) is 6.39. The zero-order valence-corrected chi connectivity index (χ0v) is 17.4. The zero-order valence-electron chi connectivity index (χ0n) is 15.9. The van der Waals surface area contributed by atoms with Gasteiger partial charge in [-0.05, 0) is 31.0 Å². The first-order chi connectivity index (χ1) is 12.9. The van der Waals surface area contributed by atoms with Gasteiger partial charge in [-0.15, -0.1) is 11.8 Å². The molecule has 2 aromatic rings. The van der Waals surface area contributed by atoms with Crippen molar-refractivity contribution in [3.63, 3.8) is 0 Å². The maximum atomic E-state index is 12.9. The molecule has 4 nitrogen and oxygen atoms in total. The summed E-state index contributed by atoms with van der Waals surface area (Å²) in [7, 11) is 1.58. The summed E-state index contributed by atoms with van der Waals surface area (Å²) in [6, 6.07) is 15.1. The van der Waals surface area contributed by atoms with E-state index in [0.717, 1.165) is 16.7 Å². The average molecular weight is 405 g/mol. The molecular weight excluding hydrogens is 380 g/mol. The molecule has 2 aromatic carbocycles. The largest absolute Gasteiger partial charge is 0.357 e. The van der Waals surface area contributed by atoms with Gasteiger partial charge in [0.05, 0.1) is 5.75 Å². The Kier molecular flexibility index (Phi) is 8.20. The Bertz CT molecular complexity index is 797. The van der Waals surface area contributed by atoms with Gasteiger partial charge in [0.1, 0.15) is 6.04 Å². The number of aryl methyl sites for hydroxylation is 1. The molecule has 1 N–H and O–H groups in total. The maximum absolute atomic E-state index is 12.9.